The van der Waals surface area contributed by atoms with E-state index in [1.54, 1.807) is 18.8 Å². The van der Waals surface area contributed by atoms with Gasteiger partial charge in [0, 0.05) is 20.2 Å². The minimum absolute atomic E-state index is 0.230. The number of nitrogens with zero attached hydrogens (tertiary/aromatic N) is 2. The molecule has 0 radical (unpaired) electrons. The molecule has 1 rings (SSSR count). The zero-order valence-electron chi connectivity index (χ0n) is 10.7. The lowest BCUT2D eigenvalue weighted by Crippen LogP contribution is -2.37. The Labute approximate surface area is 115 Å². The number of carboxylic acid groups (broad SMARTS) is 1. The van der Waals surface area contributed by atoms with Crippen LogP contribution in [-0.2, 0) is 14.8 Å². The predicted molar refractivity (Wildman–Crippen MR) is 67.6 cm³/mol. The number of nitro groups is 1. The number of carbonyl (C=O) groups excluding carboxylic acids is 1. The van der Waals surface area contributed by atoms with Crippen LogP contribution in [0.3, 0.4) is 0 Å². The highest BCUT2D eigenvalue weighted by Crippen LogP contribution is 2.29. The molecule has 110 valence electrons. The molecule has 0 aliphatic heterocycles. The number of hydrogen-bond donors (Lipinski definition) is 1. The third-order valence-corrected chi connectivity index (χ3v) is 3.74. The Morgan fingerprint density at radius 2 is 2.00 bits per heavy atom. The van der Waals surface area contributed by atoms with Gasteiger partial charge in [0.1, 0.15) is 5.69 Å². The first-order valence-corrected chi connectivity index (χ1v) is 6.78. The Balaban J connectivity index is 3.24. The summed E-state index contributed by atoms with van der Waals surface area (Å²) in [5.41, 5.74) is -0.167. The number of sulfonamides is 1. The first-order valence-electron chi connectivity index (χ1n) is 5.30. The summed E-state index contributed by atoms with van der Waals surface area (Å²) in [4.78, 5) is 21.5. The van der Waals surface area contributed by atoms with Crippen molar-refractivity contribution in [2.24, 2.45) is 0 Å². The molecule has 0 aromatic heterocycles. The van der Waals surface area contributed by atoms with E-state index in [1.807, 2.05) is 0 Å². The molecule has 0 atom stereocenters. The van der Waals surface area contributed by atoms with Crippen LogP contribution in [0.15, 0.2) is 23.1 Å². The van der Waals surface area contributed by atoms with E-state index in [9.17, 15) is 28.4 Å². The number of nitrogens with one attached hydrogen (secondary N) is 1. The molecule has 9 nitrogen and oxygen atoms in total. The van der Waals surface area contributed by atoms with Crippen molar-refractivity contribution in [1.82, 2.24) is 4.72 Å². The average molecular weight is 302 g/mol. The fourth-order valence-corrected chi connectivity index (χ4v) is 2.42. The SMILES string of the molecule is CN(C)c1ccc(S(=O)(=O)NCC(=O)[O-])cc1[N+](=O)[O-]. The van der Waals surface area contributed by atoms with Gasteiger partial charge in [0.05, 0.1) is 22.3 Å². The van der Waals surface area contributed by atoms with Gasteiger partial charge in [-0.25, -0.2) is 13.1 Å². The van der Waals surface area contributed by atoms with Crippen molar-refractivity contribution in [3.8, 4) is 0 Å². The van der Waals surface area contributed by atoms with Crippen molar-refractivity contribution in [3.05, 3.63) is 28.3 Å². The number of benzene rings is 1. The van der Waals surface area contributed by atoms with Crippen LogP contribution in [0.4, 0.5) is 11.4 Å². The largest absolute Gasteiger partial charge is 0.549 e. The minimum Gasteiger partial charge on any atom is -0.549 e. The average Bonchev–Trinajstić information content (AvgIpc) is 2.35. The summed E-state index contributed by atoms with van der Waals surface area (Å²) in [7, 11) is -0.999. The van der Waals surface area contributed by atoms with Gasteiger partial charge >= 0.3 is 0 Å². The fourth-order valence-electron chi connectivity index (χ4n) is 1.43. The lowest BCUT2D eigenvalue weighted by Gasteiger charge is -2.14. The second-order valence-electron chi connectivity index (χ2n) is 4.00. The molecule has 10 heteroatoms. The molecule has 0 amide bonds. The van der Waals surface area contributed by atoms with Gasteiger partial charge < -0.3 is 14.8 Å². The molecule has 0 bridgehead atoms. The quantitative estimate of drug-likeness (QED) is 0.509. The van der Waals surface area contributed by atoms with Gasteiger partial charge in [-0.2, -0.15) is 0 Å². The molecular formula is C10H12N3O6S-. The van der Waals surface area contributed by atoms with E-state index >= 15 is 0 Å². The molecule has 0 fully saturated rings. The molecule has 20 heavy (non-hydrogen) atoms. The fraction of sp³-hybridized carbons (Fsp3) is 0.300. The van der Waals surface area contributed by atoms with E-state index in [2.05, 4.69) is 0 Å². The van der Waals surface area contributed by atoms with Gasteiger partial charge in [0.15, 0.2) is 0 Å². The smallest absolute Gasteiger partial charge is 0.293 e. The third-order valence-electron chi connectivity index (χ3n) is 2.34. The zero-order chi connectivity index (χ0) is 15.5. The molecule has 1 N–H and O–H groups in total. The Morgan fingerprint density at radius 3 is 2.45 bits per heavy atom. The summed E-state index contributed by atoms with van der Waals surface area (Å²) in [6.45, 7) is -0.911. The number of rotatable bonds is 6. The maximum absolute atomic E-state index is 11.8. The number of hydrogen-bond acceptors (Lipinski definition) is 7. The van der Waals surface area contributed by atoms with Crippen LogP contribution in [0, 0.1) is 10.1 Å². The zero-order valence-corrected chi connectivity index (χ0v) is 11.5. The normalized spacial score (nSPS) is 11.1. The number of aliphatic carboxylic acids is 1. The van der Waals surface area contributed by atoms with Gasteiger partial charge in [0.25, 0.3) is 5.69 Å². The Morgan fingerprint density at radius 1 is 1.40 bits per heavy atom. The van der Waals surface area contributed by atoms with Crippen LogP contribution in [0.1, 0.15) is 0 Å². The predicted octanol–water partition coefficient (Wildman–Crippen LogP) is -1.31. The highest BCUT2D eigenvalue weighted by Gasteiger charge is 2.22. The molecule has 0 heterocycles. The summed E-state index contributed by atoms with van der Waals surface area (Å²) >= 11 is 0. The molecule has 0 saturated heterocycles. The van der Waals surface area contributed by atoms with Crippen LogP contribution in [0.5, 0.6) is 0 Å². The molecule has 0 spiro atoms. The highest BCUT2D eigenvalue weighted by molar-refractivity contribution is 7.89. The second kappa shape index (κ2) is 5.84. The van der Waals surface area contributed by atoms with Crippen LogP contribution < -0.4 is 14.7 Å². The number of carboxylic acids is 1. The molecule has 1 aromatic rings. The van der Waals surface area contributed by atoms with E-state index in [4.69, 9.17) is 0 Å². The Bertz CT molecular complexity index is 640. The minimum atomic E-state index is -4.15. The van der Waals surface area contributed by atoms with Crippen LogP contribution in [-0.4, -0.2) is 40.0 Å². The maximum Gasteiger partial charge on any atom is 0.293 e. The highest BCUT2D eigenvalue weighted by atomic mass is 32.2. The van der Waals surface area contributed by atoms with Crippen molar-refractivity contribution in [2.45, 2.75) is 4.90 Å². The summed E-state index contributed by atoms with van der Waals surface area (Å²) in [6, 6.07) is 3.29. The standard InChI is InChI=1S/C10H13N3O6S/c1-12(2)8-4-3-7(5-9(8)13(16)17)20(18,19)11-6-10(14)15/h3-5,11H,6H2,1-2H3,(H,14,15)/p-1. The lowest BCUT2D eigenvalue weighted by molar-refractivity contribution is -0.384. The summed E-state index contributed by atoms with van der Waals surface area (Å²) < 4.78 is 25.3. The van der Waals surface area contributed by atoms with Crippen molar-refractivity contribution in [3.63, 3.8) is 0 Å². The van der Waals surface area contributed by atoms with Gasteiger partial charge in [-0.1, -0.05) is 0 Å². The van der Waals surface area contributed by atoms with Gasteiger partial charge in [-0.3, -0.25) is 10.1 Å². The molecule has 0 aliphatic rings. The summed E-state index contributed by atoms with van der Waals surface area (Å²) in [5.74, 6) is -1.60. The number of nitro benzene ring substituents is 1. The first kappa shape index (κ1) is 15.9. The number of anilines is 1. The second-order valence-corrected chi connectivity index (χ2v) is 5.77. The van der Waals surface area contributed by atoms with E-state index in [0.29, 0.717) is 0 Å². The monoisotopic (exact) mass is 302 g/mol. The Hall–Kier alpha value is -2.20. The van der Waals surface area contributed by atoms with Crippen molar-refractivity contribution in [2.75, 3.05) is 25.5 Å². The van der Waals surface area contributed by atoms with E-state index in [1.165, 1.54) is 11.0 Å². The molecule has 0 unspecified atom stereocenters. The summed E-state index contributed by atoms with van der Waals surface area (Å²) in [6.07, 6.45) is 0. The van der Waals surface area contributed by atoms with E-state index in [0.717, 1.165) is 12.1 Å². The van der Waals surface area contributed by atoms with Gasteiger partial charge in [0.2, 0.25) is 10.0 Å². The van der Waals surface area contributed by atoms with Crippen LogP contribution >= 0.6 is 0 Å². The Kier molecular flexibility index (Phi) is 4.63. The molecule has 1 aromatic carbocycles. The van der Waals surface area contributed by atoms with Gasteiger partial charge in [-0.15, -0.1) is 0 Å². The lowest BCUT2D eigenvalue weighted by atomic mass is 10.2. The van der Waals surface area contributed by atoms with Gasteiger partial charge in [-0.05, 0) is 12.1 Å². The number of carbonyl (C=O) groups is 1. The first-order chi connectivity index (χ1) is 9.15. The van der Waals surface area contributed by atoms with Crippen LogP contribution in [0.2, 0.25) is 0 Å². The van der Waals surface area contributed by atoms with E-state index in [-0.39, 0.29) is 5.69 Å². The van der Waals surface area contributed by atoms with Crippen LogP contribution in [0.25, 0.3) is 0 Å². The molecular weight excluding hydrogens is 290 g/mol. The molecule has 0 saturated carbocycles. The van der Waals surface area contributed by atoms with Crippen molar-refractivity contribution < 1.29 is 23.2 Å². The summed E-state index contributed by atoms with van der Waals surface area (Å²) in [5, 5.41) is 21.2. The maximum atomic E-state index is 11.8. The third kappa shape index (κ3) is 3.65. The van der Waals surface area contributed by atoms with E-state index < -0.39 is 38.0 Å². The molecule has 0 aliphatic carbocycles. The van der Waals surface area contributed by atoms with Crippen molar-refractivity contribution in [1.29, 1.82) is 0 Å². The topological polar surface area (TPSA) is 133 Å². The van der Waals surface area contributed by atoms with Crippen molar-refractivity contribution >= 4 is 27.4 Å².